The summed E-state index contributed by atoms with van der Waals surface area (Å²) in [6.45, 7) is 4.46. The van der Waals surface area contributed by atoms with E-state index in [1.165, 1.54) is 66.3 Å². The molecule has 1 nitrogen and oxygen atoms in total. The normalized spacial score (nSPS) is 12.2. The van der Waals surface area contributed by atoms with Crippen LogP contribution in [0.5, 0.6) is 0 Å². The van der Waals surface area contributed by atoms with Crippen LogP contribution in [0.3, 0.4) is 0 Å². The fourth-order valence-corrected chi connectivity index (χ4v) is 4.97. The molecule has 0 saturated carbocycles. The van der Waals surface area contributed by atoms with Crippen molar-refractivity contribution in [2.24, 2.45) is 0 Å². The SMILES string of the molecule is Cc1cc2c(c(Nc3cccc4c3ccc3ccccc34)c1C)Cc1ccccc1-2. The summed E-state index contributed by atoms with van der Waals surface area (Å²) >= 11 is 0. The first-order chi connectivity index (χ1) is 14.7. The molecule has 0 aliphatic heterocycles. The molecule has 5 aromatic rings. The molecule has 1 heteroatoms. The molecule has 30 heavy (non-hydrogen) atoms. The van der Waals surface area contributed by atoms with Crippen LogP contribution in [0.1, 0.15) is 22.3 Å². The number of nitrogens with one attached hydrogen (secondary N) is 1. The van der Waals surface area contributed by atoms with Crippen LogP contribution in [0.15, 0.2) is 84.9 Å². The first-order valence-electron chi connectivity index (χ1n) is 10.6. The molecule has 5 aromatic carbocycles. The highest BCUT2D eigenvalue weighted by molar-refractivity contribution is 6.12. The number of fused-ring (bicyclic) bond motifs is 6. The van der Waals surface area contributed by atoms with Crippen molar-refractivity contribution < 1.29 is 0 Å². The fraction of sp³-hybridized carbons (Fsp3) is 0.103. The van der Waals surface area contributed by atoms with Crippen LogP contribution < -0.4 is 5.32 Å². The van der Waals surface area contributed by atoms with Gasteiger partial charge in [-0.05, 0) is 69.5 Å². The average Bonchev–Trinajstić information content (AvgIpc) is 3.15. The highest BCUT2D eigenvalue weighted by atomic mass is 14.9. The lowest BCUT2D eigenvalue weighted by atomic mass is 9.96. The van der Waals surface area contributed by atoms with Gasteiger partial charge in [-0.2, -0.15) is 0 Å². The topological polar surface area (TPSA) is 12.0 Å². The lowest BCUT2D eigenvalue weighted by molar-refractivity contribution is 1.23. The van der Waals surface area contributed by atoms with Gasteiger partial charge in [0.2, 0.25) is 0 Å². The van der Waals surface area contributed by atoms with Crippen LogP contribution in [-0.2, 0) is 6.42 Å². The molecule has 6 rings (SSSR count). The molecule has 0 saturated heterocycles. The number of anilines is 2. The predicted molar refractivity (Wildman–Crippen MR) is 129 cm³/mol. The second-order valence-corrected chi connectivity index (χ2v) is 8.37. The molecule has 0 spiro atoms. The van der Waals surface area contributed by atoms with Gasteiger partial charge >= 0.3 is 0 Å². The van der Waals surface area contributed by atoms with E-state index in [9.17, 15) is 0 Å². The Labute approximate surface area is 177 Å². The Bertz CT molecular complexity index is 1460. The maximum Gasteiger partial charge on any atom is 0.0464 e. The average molecular weight is 386 g/mol. The van der Waals surface area contributed by atoms with Crippen LogP contribution in [0.4, 0.5) is 11.4 Å². The molecule has 0 radical (unpaired) electrons. The second-order valence-electron chi connectivity index (χ2n) is 8.37. The quantitative estimate of drug-likeness (QED) is 0.298. The smallest absolute Gasteiger partial charge is 0.0464 e. The Balaban J connectivity index is 1.55. The van der Waals surface area contributed by atoms with Gasteiger partial charge < -0.3 is 5.32 Å². The number of aryl methyl sites for hydroxylation is 1. The summed E-state index contributed by atoms with van der Waals surface area (Å²) in [5.41, 5.74) is 10.7. The van der Waals surface area contributed by atoms with Gasteiger partial charge in [-0.25, -0.2) is 0 Å². The molecule has 0 unspecified atom stereocenters. The summed E-state index contributed by atoms with van der Waals surface area (Å²) in [5, 5.41) is 9.00. The number of hydrogen-bond donors (Lipinski definition) is 1. The van der Waals surface area contributed by atoms with Crippen LogP contribution in [-0.4, -0.2) is 0 Å². The molecular formula is C29H23N. The van der Waals surface area contributed by atoms with Crippen LogP contribution in [0, 0.1) is 13.8 Å². The summed E-state index contributed by atoms with van der Waals surface area (Å²) in [4.78, 5) is 0. The van der Waals surface area contributed by atoms with E-state index in [0.29, 0.717) is 0 Å². The largest absolute Gasteiger partial charge is 0.355 e. The second kappa shape index (κ2) is 6.47. The van der Waals surface area contributed by atoms with E-state index < -0.39 is 0 Å². The van der Waals surface area contributed by atoms with Crippen LogP contribution in [0.25, 0.3) is 32.7 Å². The minimum atomic E-state index is 0.989. The highest BCUT2D eigenvalue weighted by Gasteiger charge is 2.23. The third kappa shape index (κ3) is 2.48. The zero-order chi connectivity index (χ0) is 20.2. The molecule has 1 aliphatic rings. The molecule has 0 bridgehead atoms. The third-order valence-corrected chi connectivity index (χ3v) is 6.68. The van der Waals surface area contributed by atoms with E-state index in [0.717, 1.165) is 6.42 Å². The number of rotatable bonds is 2. The first-order valence-corrected chi connectivity index (χ1v) is 10.6. The van der Waals surface area contributed by atoms with Crippen molar-refractivity contribution in [2.75, 3.05) is 5.32 Å². The van der Waals surface area contributed by atoms with Crippen molar-refractivity contribution >= 4 is 32.9 Å². The predicted octanol–water partition coefficient (Wildman–Crippen LogP) is 7.92. The van der Waals surface area contributed by atoms with Gasteiger partial charge in [0.25, 0.3) is 0 Å². The van der Waals surface area contributed by atoms with Crippen molar-refractivity contribution in [2.45, 2.75) is 20.3 Å². The van der Waals surface area contributed by atoms with Gasteiger partial charge in [-0.15, -0.1) is 0 Å². The Morgan fingerprint density at radius 1 is 0.667 bits per heavy atom. The summed E-state index contributed by atoms with van der Waals surface area (Å²) in [7, 11) is 0. The minimum Gasteiger partial charge on any atom is -0.355 e. The Morgan fingerprint density at radius 2 is 1.47 bits per heavy atom. The minimum absolute atomic E-state index is 0.989. The van der Waals surface area contributed by atoms with E-state index in [1.54, 1.807) is 0 Å². The lowest BCUT2D eigenvalue weighted by Crippen LogP contribution is -2.01. The highest BCUT2D eigenvalue weighted by Crippen LogP contribution is 2.44. The van der Waals surface area contributed by atoms with Gasteiger partial charge in [-0.1, -0.05) is 78.9 Å². The zero-order valence-corrected chi connectivity index (χ0v) is 17.3. The molecule has 1 aliphatic carbocycles. The Kier molecular flexibility index (Phi) is 3.73. The monoisotopic (exact) mass is 385 g/mol. The summed E-state index contributed by atoms with van der Waals surface area (Å²) < 4.78 is 0. The summed E-state index contributed by atoms with van der Waals surface area (Å²) in [5.74, 6) is 0. The van der Waals surface area contributed by atoms with Gasteiger partial charge in [-0.3, -0.25) is 0 Å². The van der Waals surface area contributed by atoms with E-state index in [1.807, 2.05) is 0 Å². The molecular weight excluding hydrogens is 362 g/mol. The van der Waals surface area contributed by atoms with E-state index in [-0.39, 0.29) is 0 Å². The third-order valence-electron chi connectivity index (χ3n) is 6.68. The van der Waals surface area contributed by atoms with E-state index in [4.69, 9.17) is 0 Å². The lowest BCUT2D eigenvalue weighted by Gasteiger charge is -2.19. The fourth-order valence-electron chi connectivity index (χ4n) is 4.97. The van der Waals surface area contributed by atoms with Gasteiger partial charge in [0.05, 0.1) is 0 Å². The first kappa shape index (κ1) is 17.3. The van der Waals surface area contributed by atoms with Crippen molar-refractivity contribution in [3.63, 3.8) is 0 Å². The van der Waals surface area contributed by atoms with Crippen molar-refractivity contribution in [1.29, 1.82) is 0 Å². The molecule has 0 atom stereocenters. The number of hydrogen-bond acceptors (Lipinski definition) is 1. The molecule has 1 N–H and O–H groups in total. The Hall–Kier alpha value is -3.58. The van der Waals surface area contributed by atoms with E-state index >= 15 is 0 Å². The molecule has 0 amide bonds. The van der Waals surface area contributed by atoms with Crippen LogP contribution >= 0.6 is 0 Å². The zero-order valence-electron chi connectivity index (χ0n) is 17.3. The summed E-state index contributed by atoms with van der Waals surface area (Å²) in [6, 6.07) is 30.9. The maximum atomic E-state index is 3.86. The van der Waals surface area contributed by atoms with Crippen molar-refractivity contribution in [3.8, 4) is 11.1 Å². The number of benzene rings is 5. The Morgan fingerprint density at radius 3 is 2.40 bits per heavy atom. The van der Waals surface area contributed by atoms with E-state index in [2.05, 4.69) is 104 Å². The molecule has 0 aromatic heterocycles. The van der Waals surface area contributed by atoms with Crippen molar-refractivity contribution in [1.82, 2.24) is 0 Å². The molecule has 144 valence electrons. The molecule has 0 heterocycles. The van der Waals surface area contributed by atoms with Crippen LogP contribution in [0.2, 0.25) is 0 Å². The van der Waals surface area contributed by atoms with Crippen molar-refractivity contribution in [3.05, 3.63) is 107 Å². The standard InChI is InChI=1S/C29H23N/c1-18-16-26-23-11-6-4-9-21(23)17-27(26)29(19(18)2)30-28-13-7-12-24-22-10-5-3-8-20(22)14-15-25(24)28/h3-16,30H,17H2,1-2H3. The summed E-state index contributed by atoms with van der Waals surface area (Å²) in [6.07, 6.45) is 0.989. The van der Waals surface area contributed by atoms with Gasteiger partial charge in [0.1, 0.15) is 0 Å². The maximum absolute atomic E-state index is 3.86. The van der Waals surface area contributed by atoms with Gasteiger partial charge in [0.15, 0.2) is 0 Å². The van der Waals surface area contributed by atoms with Gasteiger partial charge in [0, 0.05) is 23.2 Å². The molecule has 0 fully saturated rings.